The zero-order valence-electron chi connectivity index (χ0n) is 15.9. The number of carbonyl (C=O) groups is 1. The summed E-state index contributed by atoms with van der Waals surface area (Å²) >= 11 is 0. The summed E-state index contributed by atoms with van der Waals surface area (Å²) in [6.45, 7) is 0.0799. The summed E-state index contributed by atoms with van der Waals surface area (Å²) in [4.78, 5) is 10.5. The van der Waals surface area contributed by atoms with Crippen LogP contribution in [0.5, 0.6) is 5.75 Å². The first-order valence-corrected chi connectivity index (χ1v) is 9.70. The normalized spacial score (nSPS) is 26.1. The molecule has 0 aliphatic heterocycles. The fraction of sp³-hybridized carbons (Fsp3) is 0.500. The number of rotatable bonds is 11. The van der Waals surface area contributed by atoms with Crippen LogP contribution in [0.15, 0.2) is 54.6 Å². The van der Waals surface area contributed by atoms with Gasteiger partial charge in [0.15, 0.2) is 0 Å². The number of hydrogen-bond acceptors (Lipinski definition) is 4. The monoisotopic (exact) mass is 392 g/mol. The fourth-order valence-corrected chi connectivity index (χ4v) is 3.42. The molecule has 0 heterocycles. The van der Waals surface area contributed by atoms with E-state index in [4.69, 9.17) is 9.84 Å². The summed E-state index contributed by atoms with van der Waals surface area (Å²) in [5, 5.41) is 28.8. The number of carboxylic acid groups (broad SMARTS) is 1. The number of aliphatic hydroxyl groups excluding tert-OH is 2. The molecule has 2 rings (SSSR count). The average molecular weight is 392 g/mol. The number of aliphatic hydroxyl groups is 2. The summed E-state index contributed by atoms with van der Waals surface area (Å²) in [7, 11) is 0. The van der Waals surface area contributed by atoms with Gasteiger partial charge in [-0.3, -0.25) is 4.79 Å². The van der Waals surface area contributed by atoms with Crippen LogP contribution in [0.1, 0.15) is 32.1 Å². The molecule has 154 valence electrons. The molecule has 0 aromatic heterocycles. The van der Waals surface area contributed by atoms with Crippen molar-refractivity contribution in [1.29, 1.82) is 0 Å². The Bertz CT molecular complexity index is 646. The second-order valence-electron chi connectivity index (χ2n) is 7.13. The second-order valence-corrected chi connectivity index (χ2v) is 7.13. The van der Waals surface area contributed by atoms with Gasteiger partial charge in [-0.25, -0.2) is 4.39 Å². The number of ether oxygens (including phenoxy) is 1. The Hall–Kier alpha value is -2.18. The molecule has 0 spiro atoms. The summed E-state index contributed by atoms with van der Waals surface area (Å²) in [5.41, 5.74) is 0. The first kappa shape index (κ1) is 22.1. The molecule has 6 heteroatoms. The number of benzene rings is 1. The lowest BCUT2D eigenvalue weighted by Crippen LogP contribution is -2.20. The van der Waals surface area contributed by atoms with Gasteiger partial charge < -0.3 is 20.1 Å². The third-order valence-corrected chi connectivity index (χ3v) is 4.93. The Morgan fingerprint density at radius 1 is 1.29 bits per heavy atom. The number of allylic oxidation sites excluding steroid dienone is 2. The van der Waals surface area contributed by atoms with Crippen LogP contribution in [0, 0.1) is 11.8 Å². The predicted octanol–water partition coefficient (Wildman–Crippen LogP) is 3.52. The summed E-state index contributed by atoms with van der Waals surface area (Å²) < 4.78 is 19.8. The maximum Gasteiger partial charge on any atom is 0.303 e. The molecule has 0 amide bonds. The van der Waals surface area contributed by atoms with E-state index in [1.807, 2.05) is 30.4 Å². The standard InChI is InChI=1S/C22H29FO5/c23-20-14-21(25)19(18(20)10-6-1-2-7-11-22(26)27)13-12-16(24)15-28-17-8-4-3-5-9-17/h1,3-6,8-9,12-13,16,18-21,24-25H,2,7,10-11,14-15H2,(H,26,27)/b6-1-,13-12+/t16-,18+,19+,20+,21+/m0/s1. The number of para-hydroxylation sites is 1. The van der Waals surface area contributed by atoms with E-state index >= 15 is 0 Å². The van der Waals surface area contributed by atoms with Crippen LogP contribution in [0.3, 0.4) is 0 Å². The lowest BCUT2D eigenvalue weighted by molar-refractivity contribution is -0.137. The molecule has 5 nitrogen and oxygen atoms in total. The number of carboxylic acids is 1. The van der Waals surface area contributed by atoms with Crippen molar-refractivity contribution in [2.75, 3.05) is 6.61 Å². The quantitative estimate of drug-likeness (QED) is 0.396. The number of halogens is 1. The van der Waals surface area contributed by atoms with Crippen molar-refractivity contribution in [1.82, 2.24) is 0 Å². The molecule has 0 radical (unpaired) electrons. The third-order valence-electron chi connectivity index (χ3n) is 4.93. The number of hydrogen-bond donors (Lipinski definition) is 3. The van der Waals surface area contributed by atoms with Crippen LogP contribution in [0.4, 0.5) is 4.39 Å². The predicted molar refractivity (Wildman–Crippen MR) is 105 cm³/mol. The lowest BCUT2D eigenvalue weighted by Gasteiger charge is -2.19. The highest BCUT2D eigenvalue weighted by Gasteiger charge is 2.40. The molecule has 0 unspecified atom stereocenters. The van der Waals surface area contributed by atoms with Crippen molar-refractivity contribution in [2.45, 2.75) is 50.5 Å². The maximum absolute atomic E-state index is 14.3. The van der Waals surface area contributed by atoms with Crippen LogP contribution in [0.25, 0.3) is 0 Å². The second kappa shape index (κ2) is 11.6. The van der Waals surface area contributed by atoms with E-state index in [0.717, 1.165) is 0 Å². The molecule has 28 heavy (non-hydrogen) atoms. The summed E-state index contributed by atoms with van der Waals surface area (Å²) in [5.74, 6) is -0.893. The Kier molecular flexibility index (Phi) is 9.17. The maximum atomic E-state index is 14.3. The van der Waals surface area contributed by atoms with E-state index in [-0.39, 0.29) is 31.3 Å². The van der Waals surface area contributed by atoms with E-state index in [2.05, 4.69) is 0 Å². The number of aliphatic carboxylic acids is 1. The molecule has 1 saturated carbocycles. The van der Waals surface area contributed by atoms with E-state index in [1.165, 1.54) is 0 Å². The van der Waals surface area contributed by atoms with Gasteiger partial charge in [-0.1, -0.05) is 42.5 Å². The van der Waals surface area contributed by atoms with Gasteiger partial charge in [0.05, 0.1) is 6.10 Å². The first-order valence-electron chi connectivity index (χ1n) is 9.70. The SMILES string of the molecule is O=C(O)CCC/C=C\C[C@@H]1[C@@H](/C=C/[C@H](O)COc2ccccc2)[C@H](O)C[C@H]1F. The van der Waals surface area contributed by atoms with Crippen molar-refractivity contribution in [3.63, 3.8) is 0 Å². The molecule has 0 saturated heterocycles. The van der Waals surface area contributed by atoms with E-state index in [1.54, 1.807) is 24.3 Å². The topological polar surface area (TPSA) is 87.0 Å². The number of unbranched alkanes of at least 4 members (excludes halogenated alkanes) is 1. The summed E-state index contributed by atoms with van der Waals surface area (Å²) in [6.07, 6.45) is 6.08. The van der Waals surface area contributed by atoms with Crippen molar-refractivity contribution >= 4 is 5.97 Å². The van der Waals surface area contributed by atoms with Gasteiger partial charge in [-0.2, -0.15) is 0 Å². The zero-order valence-corrected chi connectivity index (χ0v) is 15.9. The van der Waals surface area contributed by atoms with Crippen LogP contribution in [-0.4, -0.2) is 46.3 Å². The largest absolute Gasteiger partial charge is 0.491 e. The lowest BCUT2D eigenvalue weighted by atomic mass is 9.90. The van der Waals surface area contributed by atoms with Gasteiger partial charge in [0.2, 0.25) is 0 Å². The highest BCUT2D eigenvalue weighted by molar-refractivity contribution is 5.66. The molecule has 1 fully saturated rings. The van der Waals surface area contributed by atoms with E-state index < -0.39 is 24.3 Å². The van der Waals surface area contributed by atoms with Crippen molar-refractivity contribution < 1.29 is 29.2 Å². The first-order chi connectivity index (χ1) is 13.5. The fourth-order valence-electron chi connectivity index (χ4n) is 3.42. The van der Waals surface area contributed by atoms with Gasteiger partial charge in [0.25, 0.3) is 0 Å². The van der Waals surface area contributed by atoms with E-state index in [0.29, 0.717) is 25.0 Å². The van der Waals surface area contributed by atoms with Gasteiger partial charge in [-0.15, -0.1) is 0 Å². The highest BCUT2D eigenvalue weighted by atomic mass is 19.1. The molecule has 5 atom stereocenters. The van der Waals surface area contributed by atoms with Crippen molar-refractivity contribution in [2.24, 2.45) is 11.8 Å². The minimum Gasteiger partial charge on any atom is -0.491 e. The molecular weight excluding hydrogens is 363 g/mol. The molecule has 1 aliphatic carbocycles. The van der Waals surface area contributed by atoms with Crippen LogP contribution in [-0.2, 0) is 4.79 Å². The molecule has 1 aromatic rings. The minimum atomic E-state index is -1.11. The van der Waals surface area contributed by atoms with Gasteiger partial charge >= 0.3 is 5.97 Å². The Labute approximate surface area is 165 Å². The van der Waals surface area contributed by atoms with Crippen LogP contribution >= 0.6 is 0 Å². The van der Waals surface area contributed by atoms with Crippen LogP contribution < -0.4 is 4.74 Å². The van der Waals surface area contributed by atoms with Crippen molar-refractivity contribution in [3.8, 4) is 5.75 Å². The molecular formula is C22H29FO5. The average Bonchev–Trinajstić information content (AvgIpc) is 2.94. The minimum absolute atomic E-state index is 0.0799. The third kappa shape index (κ3) is 7.44. The number of alkyl halides is 1. The molecule has 0 bridgehead atoms. The summed E-state index contributed by atoms with van der Waals surface area (Å²) in [6, 6.07) is 9.15. The highest BCUT2D eigenvalue weighted by Crippen LogP contribution is 2.38. The van der Waals surface area contributed by atoms with Crippen molar-refractivity contribution in [3.05, 3.63) is 54.6 Å². The molecule has 3 N–H and O–H groups in total. The van der Waals surface area contributed by atoms with Gasteiger partial charge in [-0.05, 0) is 31.4 Å². The smallest absolute Gasteiger partial charge is 0.303 e. The Balaban J connectivity index is 1.82. The Morgan fingerprint density at radius 2 is 2.04 bits per heavy atom. The van der Waals surface area contributed by atoms with E-state index in [9.17, 15) is 19.4 Å². The van der Waals surface area contributed by atoms with Crippen LogP contribution in [0.2, 0.25) is 0 Å². The van der Waals surface area contributed by atoms with Gasteiger partial charge in [0, 0.05) is 24.7 Å². The Morgan fingerprint density at radius 3 is 2.75 bits per heavy atom. The molecule has 1 aliphatic rings. The zero-order chi connectivity index (χ0) is 20.4. The molecule has 1 aromatic carbocycles. The van der Waals surface area contributed by atoms with Gasteiger partial charge in [0.1, 0.15) is 24.6 Å².